The fourth-order valence-electron chi connectivity index (χ4n) is 3.30. The lowest BCUT2D eigenvalue weighted by molar-refractivity contribution is 0.0125. The van der Waals surface area contributed by atoms with Crippen molar-refractivity contribution < 1.29 is 5.11 Å². The van der Waals surface area contributed by atoms with Crippen molar-refractivity contribution in [3.8, 4) is 11.3 Å². The molecule has 0 aliphatic carbocycles. The van der Waals surface area contributed by atoms with Crippen LogP contribution in [0.5, 0.6) is 0 Å². The molecule has 3 aromatic rings. The van der Waals surface area contributed by atoms with Gasteiger partial charge in [-0.05, 0) is 25.3 Å². The van der Waals surface area contributed by atoms with Gasteiger partial charge in [-0.25, -0.2) is 9.97 Å². The molecule has 130 valence electrons. The van der Waals surface area contributed by atoms with E-state index in [2.05, 4.69) is 25.1 Å². The quantitative estimate of drug-likeness (QED) is 0.751. The molecule has 4 rings (SSSR count). The van der Waals surface area contributed by atoms with E-state index in [1.807, 2.05) is 31.2 Å². The van der Waals surface area contributed by atoms with Crippen LogP contribution in [0.4, 0.5) is 5.82 Å². The predicted octanol–water partition coefficient (Wildman–Crippen LogP) is 3.41. The zero-order valence-electron chi connectivity index (χ0n) is 14.0. The second-order valence-electron chi connectivity index (χ2n) is 6.54. The molecule has 1 aliphatic heterocycles. The van der Waals surface area contributed by atoms with Crippen LogP contribution in [-0.4, -0.2) is 44.0 Å². The third kappa shape index (κ3) is 2.96. The summed E-state index contributed by atoms with van der Waals surface area (Å²) in [5.74, 6) is 0.794. The first-order valence-electron chi connectivity index (χ1n) is 8.53. The lowest BCUT2D eigenvalue weighted by Crippen LogP contribution is -2.44. The number of fused-ring (bicyclic) bond motifs is 1. The van der Waals surface area contributed by atoms with E-state index in [1.54, 1.807) is 6.20 Å². The van der Waals surface area contributed by atoms with Crippen molar-refractivity contribution in [1.82, 2.24) is 20.2 Å². The molecule has 0 atom stereocenters. The Balaban J connectivity index is 1.64. The number of aliphatic hydroxyl groups is 1. The van der Waals surface area contributed by atoms with Crippen molar-refractivity contribution in [1.29, 1.82) is 0 Å². The number of rotatable bonds is 3. The Kier molecular flexibility index (Phi) is 4.09. The van der Waals surface area contributed by atoms with Crippen molar-refractivity contribution in [3.05, 3.63) is 35.5 Å². The van der Waals surface area contributed by atoms with E-state index in [4.69, 9.17) is 11.6 Å². The summed E-state index contributed by atoms with van der Waals surface area (Å²) in [5, 5.41) is 18.3. The lowest BCUT2D eigenvalue weighted by atomic mass is 9.89. The maximum absolute atomic E-state index is 10.4. The second kappa shape index (κ2) is 6.28. The van der Waals surface area contributed by atoms with E-state index >= 15 is 0 Å². The van der Waals surface area contributed by atoms with Crippen molar-refractivity contribution in [2.24, 2.45) is 0 Å². The van der Waals surface area contributed by atoms with Crippen LogP contribution in [0.15, 0.2) is 30.5 Å². The summed E-state index contributed by atoms with van der Waals surface area (Å²) in [6, 6.07) is 7.59. The molecular weight excluding hydrogens is 338 g/mol. The van der Waals surface area contributed by atoms with Gasteiger partial charge in [0, 0.05) is 18.7 Å². The molecule has 1 aliphatic rings. The Bertz CT molecular complexity index is 901. The molecule has 2 N–H and O–H groups in total. The minimum atomic E-state index is -0.544. The maximum Gasteiger partial charge on any atom is 0.202 e. The van der Waals surface area contributed by atoms with Crippen LogP contribution in [0.2, 0.25) is 5.02 Å². The molecule has 1 saturated heterocycles. The van der Waals surface area contributed by atoms with Crippen molar-refractivity contribution in [2.75, 3.05) is 18.0 Å². The van der Waals surface area contributed by atoms with Gasteiger partial charge in [-0.1, -0.05) is 36.7 Å². The summed E-state index contributed by atoms with van der Waals surface area (Å²) < 4.78 is 0. The van der Waals surface area contributed by atoms with Gasteiger partial charge in [0.1, 0.15) is 11.3 Å². The highest BCUT2D eigenvalue weighted by Gasteiger charge is 2.31. The largest absolute Gasteiger partial charge is 0.390 e. The summed E-state index contributed by atoms with van der Waals surface area (Å²) >= 11 is 6.28. The Morgan fingerprint density at radius 2 is 2.04 bits per heavy atom. The van der Waals surface area contributed by atoms with Crippen molar-refractivity contribution >= 4 is 28.6 Å². The molecule has 0 spiro atoms. The summed E-state index contributed by atoms with van der Waals surface area (Å²) in [5.41, 5.74) is 2.37. The monoisotopic (exact) mass is 357 g/mol. The number of aromatic nitrogens is 4. The van der Waals surface area contributed by atoms with Crippen LogP contribution < -0.4 is 4.90 Å². The van der Waals surface area contributed by atoms with Crippen LogP contribution in [0.25, 0.3) is 22.4 Å². The first-order chi connectivity index (χ1) is 12.1. The van der Waals surface area contributed by atoms with E-state index in [0.29, 0.717) is 16.2 Å². The average molecular weight is 358 g/mol. The lowest BCUT2D eigenvalue weighted by Gasteiger charge is -2.38. The van der Waals surface area contributed by atoms with E-state index in [0.717, 1.165) is 49.4 Å². The van der Waals surface area contributed by atoms with Crippen LogP contribution in [0.1, 0.15) is 26.2 Å². The Morgan fingerprint density at radius 1 is 1.28 bits per heavy atom. The summed E-state index contributed by atoms with van der Waals surface area (Å²) in [6.45, 7) is 3.57. The number of H-pyrrole nitrogens is 1. The average Bonchev–Trinajstić information content (AvgIpc) is 3.06. The Morgan fingerprint density at radius 3 is 2.76 bits per heavy atom. The van der Waals surface area contributed by atoms with Gasteiger partial charge in [0.05, 0.1) is 22.5 Å². The molecule has 0 saturated carbocycles. The smallest absolute Gasteiger partial charge is 0.202 e. The third-order valence-corrected chi connectivity index (χ3v) is 5.40. The van der Waals surface area contributed by atoms with Gasteiger partial charge >= 0.3 is 0 Å². The van der Waals surface area contributed by atoms with E-state index < -0.39 is 5.60 Å². The van der Waals surface area contributed by atoms with Gasteiger partial charge in [-0.3, -0.25) is 5.10 Å². The van der Waals surface area contributed by atoms with Crippen LogP contribution in [-0.2, 0) is 0 Å². The molecule has 0 radical (unpaired) electrons. The predicted molar refractivity (Wildman–Crippen MR) is 98.8 cm³/mol. The summed E-state index contributed by atoms with van der Waals surface area (Å²) in [7, 11) is 0. The summed E-state index contributed by atoms with van der Waals surface area (Å²) in [6.07, 6.45) is 4.05. The molecular formula is C18H20ClN5O. The van der Waals surface area contributed by atoms with Crippen LogP contribution in [0, 0.1) is 0 Å². The minimum Gasteiger partial charge on any atom is -0.390 e. The molecule has 1 fully saturated rings. The molecule has 25 heavy (non-hydrogen) atoms. The van der Waals surface area contributed by atoms with Gasteiger partial charge in [0.2, 0.25) is 5.65 Å². The Hall–Kier alpha value is -2.18. The van der Waals surface area contributed by atoms with Gasteiger partial charge < -0.3 is 10.0 Å². The number of hydrogen-bond acceptors (Lipinski definition) is 5. The number of anilines is 1. The number of halogens is 1. The molecule has 7 heteroatoms. The number of nitrogens with zero attached hydrogens (tertiary/aromatic N) is 4. The first-order valence-corrected chi connectivity index (χ1v) is 8.91. The van der Waals surface area contributed by atoms with Gasteiger partial charge in [0.15, 0.2) is 0 Å². The van der Waals surface area contributed by atoms with E-state index in [1.165, 1.54) is 0 Å². The maximum atomic E-state index is 10.4. The molecule has 0 bridgehead atoms. The van der Waals surface area contributed by atoms with Gasteiger partial charge in [-0.15, -0.1) is 0 Å². The molecule has 1 aromatic carbocycles. The zero-order valence-corrected chi connectivity index (χ0v) is 14.8. The molecule has 2 aromatic heterocycles. The number of hydrogen-bond donors (Lipinski definition) is 2. The van der Waals surface area contributed by atoms with E-state index in [-0.39, 0.29) is 0 Å². The van der Waals surface area contributed by atoms with Gasteiger partial charge in [0.25, 0.3) is 0 Å². The highest BCUT2D eigenvalue weighted by molar-refractivity contribution is 6.33. The topological polar surface area (TPSA) is 77.9 Å². The van der Waals surface area contributed by atoms with E-state index in [9.17, 15) is 5.11 Å². The van der Waals surface area contributed by atoms with Crippen molar-refractivity contribution in [3.63, 3.8) is 0 Å². The SMILES string of the molecule is CCC1(O)CCN(c2cnc3c(-c4ccccc4Cl)[nH]nc3n2)CC1. The third-order valence-electron chi connectivity index (χ3n) is 5.07. The fraction of sp³-hybridized carbons (Fsp3) is 0.389. The normalized spacial score (nSPS) is 17.2. The summed E-state index contributed by atoms with van der Waals surface area (Å²) in [4.78, 5) is 11.4. The van der Waals surface area contributed by atoms with Crippen LogP contribution >= 0.6 is 11.6 Å². The molecule has 6 nitrogen and oxygen atoms in total. The number of nitrogens with one attached hydrogen (secondary N) is 1. The highest BCUT2D eigenvalue weighted by Crippen LogP contribution is 2.32. The molecule has 0 amide bonds. The standard InChI is InChI=1S/C18H20ClN5O/c1-2-18(25)7-9-24(10-8-18)14-11-20-16-15(22-23-17(16)21-14)12-5-3-4-6-13(12)19/h3-6,11,25H,2,7-10H2,1H3,(H,21,22,23). The van der Waals surface area contributed by atoms with Crippen molar-refractivity contribution in [2.45, 2.75) is 31.8 Å². The second-order valence-corrected chi connectivity index (χ2v) is 6.95. The number of benzene rings is 1. The fourth-order valence-corrected chi connectivity index (χ4v) is 3.53. The number of aromatic amines is 1. The molecule has 3 heterocycles. The first kappa shape index (κ1) is 16.3. The molecule has 0 unspecified atom stereocenters. The highest BCUT2D eigenvalue weighted by atomic mass is 35.5. The number of piperidine rings is 1. The Labute approximate surface area is 150 Å². The van der Waals surface area contributed by atoms with Gasteiger partial charge in [-0.2, -0.15) is 5.10 Å². The van der Waals surface area contributed by atoms with Crippen LogP contribution in [0.3, 0.4) is 0 Å². The zero-order chi connectivity index (χ0) is 17.4. The minimum absolute atomic E-state index is 0.544.